The number of benzene rings is 2. The number of nitrogens with zero attached hydrogens (tertiary/aromatic N) is 3. The van der Waals surface area contributed by atoms with E-state index in [2.05, 4.69) is 10.4 Å². The zero-order valence-corrected chi connectivity index (χ0v) is 19.4. The summed E-state index contributed by atoms with van der Waals surface area (Å²) in [4.78, 5) is 28.8. The second-order valence-corrected chi connectivity index (χ2v) is 8.69. The van der Waals surface area contributed by atoms with Crippen molar-refractivity contribution in [1.29, 1.82) is 0 Å². The number of nitrogens with one attached hydrogen (secondary N) is 1. The van der Waals surface area contributed by atoms with Gasteiger partial charge in [-0.05, 0) is 31.9 Å². The molecule has 0 aliphatic carbocycles. The van der Waals surface area contributed by atoms with Gasteiger partial charge in [-0.1, -0.05) is 60.2 Å². The average molecular weight is 447 g/mol. The summed E-state index contributed by atoms with van der Waals surface area (Å²) in [5.74, 6) is -0.394. The molecule has 4 rings (SSSR count). The second kappa shape index (κ2) is 9.58. The van der Waals surface area contributed by atoms with E-state index in [1.165, 1.54) is 0 Å². The zero-order chi connectivity index (χ0) is 23.4. The molecule has 33 heavy (non-hydrogen) atoms. The summed E-state index contributed by atoms with van der Waals surface area (Å²) in [7, 11) is 1.64. The maximum Gasteiger partial charge on any atom is 0.273 e. The first-order chi connectivity index (χ1) is 15.9. The van der Waals surface area contributed by atoms with E-state index >= 15 is 0 Å². The lowest BCUT2D eigenvalue weighted by molar-refractivity contribution is -0.133. The Balaban J connectivity index is 1.69. The number of carbonyl (C=O) groups excluding carboxylic acids is 2. The van der Waals surface area contributed by atoms with Crippen molar-refractivity contribution in [2.24, 2.45) is 0 Å². The minimum absolute atomic E-state index is 0.193. The van der Waals surface area contributed by atoms with Gasteiger partial charge in [-0.25, -0.2) is 0 Å². The lowest BCUT2D eigenvalue weighted by Crippen LogP contribution is -2.63. The molecule has 0 bridgehead atoms. The van der Waals surface area contributed by atoms with Gasteiger partial charge in [-0.15, -0.1) is 0 Å². The van der Waals surface area contributed by atoms with Crippen molar-refractivity contribution >= 4 is 11.8 Å². The van der Waals surface area contributed by atoms with Gasteiger partial charge in [0.1, 0.15) is 11.2 Å². The van der Waals surface area contributed by atoms with Crippen LogP contribution in [0.1, 0.15) is 35.0 Å². The minimum atomic E-state index is -1.08. The van der Waals surface area contributed by atoms with E-state index in [0.717, 1.165) is 22.4 Å². The van der Waals surface area contributed by atoms with E-state index in [4.69, 9.17) is 4.74 Å². The Hall–Kier alpha value is -3.45. The molecule has 1 N–H and O–H groups in total. The van der Waals surface area contributed by atoms with Crippen LogP contribution in [-0.4, -0.2) is 52.3 Å². The van der Waals surface area contributed by atoms with Crippen LogP contribution in [0.15, 0.2) is 60.7 Å². The van der Waals surface area contributed by atoms with Gasteiger partial charge >= 0.3 is 0 Å². The van der Waals surface area contributed by atoms with Crippen LogP contribution in [-0.2, 0) is 22.6 Å². The van der Waals surface area contributed by atoms with Crippen LogP contribution in [0, 0.1) is 6.92 Å². The Morgan fingerprint density at radius 1 is 1.15 bits per heavy atom. The maximum absolute atomic E-state index is 13.7. The molecule has 172 valence electrons. The summed E-state index contributed by atoms with van der Waals surface area (Å²) in [5.41, 5.74) is 3.16. The number of rotatable bonds is 8. The highest BCUT2D eigenvalue weighted by atomic mass is 16.5. The Kier molecular flexibility index (Phi) is 6.60. The molecule has 2 aromatic carbocycles. The number of carbonyl (C=O) groups is 2. The predicted octanol–water partition coefficient (Wildman–Crippen LogP) is 3.43. The topological polar surface area (TPSA) is 76.5 Å². The number of aryl methyl sites for hydroxylation is 1. The maximum atomic E-state index is 13.7. The minimum Gasteiger partial charge on any atom is -0.385 e. The van der Waals surface area contributed by atoms with Gasteiger partial charge in [-0.2, -0.15) is 5.10 Å². The molecule has 0 saturated carbocycles. The Morgan fingerprint density at radius 2 is 1.94 bits per heavy atom. The highest BCUT2D eigenvalue weighted by molar-refractivity contribution is 6.00. The lowest BCUT2D eigenvalue weighted by Gasteiger charge is -2.43. The number of amides is 2. The lowest BCUT2D eigenvalue weighted by atomic mass is 9.94. The number of hydrogen-bond acceptors (Lipinski definition) is 4. The van der Waals surface area contributed by atoms with Gasteiger partial charge in [-0.3, -0.25) is 14.3 Å². The van der Waals surface area contributed by atoms with Crippen molar-refractivity contribution in [3.8, 4) is 11.3 Å². The fourth-order valence-corrected chi connectivity index (χ4v) is 4.24. The highest BCUT2D eigenvalue weighted by Gasteiger charge is 2.47. The summed E-state index contributed by atoms with van der Waals surface area (Å²) in [6, 6.07) is 19.6. The molecule has 2 heterocycles. The monoisotopic (exact) mass is 446 g/mol. The van der Waals surface area contributed by atoms with Crippen LogP contribution in [0.3, 0.4) is 0 Å². The van der Waals surface area contributed by atoms with E-state index in [-0.39, 0.29) is 18.4 Å². The van der Waals surface area contributed by atoms with Gasteiger partial charge in [0.15, 0.2) is 0 Å². The van der Waals surface area contributed by atoms with E-state index in [0.29, 0.717) is 31.8 Å². The Labute approximate surface area is 194 Å². The molecule has 3 aromatic rings. The van der Waals surface area contributed by atoms with Crippen LogP contribution in [0.25, 0.3) is 11.3 Å². The molecule has 1 aliphatic rings. The predicted molar refractivity (Wildman–Crippen MR) is 127 cm³/mol. The van der Waals surface area contributed by atoms with E-state index in [1.54, 1.807) is 16.7 Å². The third-order valence-corrected chi connectivity index (χ3v) is 6.09. The first-order valence-corrected chi connectivity index (χ1v) is 11.2. The quantitative estimate of drug-likeness (QED) is 0.538. The smallest absolute Gasteiger partial charge is 0.273 e. The standard InChI is InChI=1S/C26H30N4O3/c1-19-9-7-10-20(15-19)17-29-24(31)23-16-22(21-11-5-4-6-12-21)28-30(23)18-26(29,2)25(32)27-13-8-14-33-3/h4-7,9-12,15-16H,8,13-14,17-18H2,1-3H3,(H,27,32). The van der Waals surface area contributed by atoms with E-state index < -0.39 is 5.54 Å². The molecule has 0 fully saturated rings. The van der Waals surface area contributed by atoms with Gasteiger partial charge in [0.05, 0.1) is 12.2 Å². The molecular formula is C26H30N4O3. The summed E-state index contributed by atoms with van der Waals surface area (Å²) in [6.07, 6.45) is 0.704. The van der Waals surface area contributed by atoms with Gasteiger partial charge in [0.2, 0.25) is 5.91 Å². The number of hydrogen-bond donors (Lipinski definition) is 1. The molecule has 1 aromatic heterocycles. The third kappa shape index (κ3) is 4.68. The molecule has 1 unspecified atom stereocenters. The molecule has 1 aliphatic heterocycles. The molecule has 2 amide bonds. The van der Waals surface area contributed by atoms with E-state index in [9.17, 15) is 9.59 Å². The van der Waals surface area contributed by atoms with Crippen LogP contribution in [0.5, 0.6) is 0 Å². The van der Waals surface area contributed by atoms with Crippen LogP contribution in [0.4, 0.5) is 0 Å². The van der Waals surface area contributed by atoms with Crippen LogP contribution < -0.4 is 5.32 Å². The van der Waals surface area contributed by atoms with Crippen molar-refractivity contribution in [1.82, 2.24) is 20.0 Å². The van der Waals surface area contributed by atoms with Gasteiger partial charge in [0, 0.05) is 32.4 Å². The van der Waals surface area contributed by atoms with Crippen LogP contribution >= 0.6 is 0 Å². The number of ether oxygens (including phenoxy) is 1. The molecule has 0 saturated heterocycles. The highest BCUT2D eigenvalue weighted by Crippen LogP contribution is 2.31. The number of aromatic nitrogens is 2. The number of methoxy groups -OCH3 is 1. The third-order valence-electron chi connectivity index (χ3n) is 6.09. The largest absolute Gasteiger partial charge is 0.385 e. The average Bonchev–Trinajstić information content (AvgIpc) is 3.24. The van der Waals surface area contributed by atoms with Crippen molar-refractivity contribution < 1.29 is 14.3 Å². The molecule has 1 atom stereocenters. The van der Waals surface area contributed by atoms with Crippen LogP contribution in [0.2, 0.25) is 0 Å². The van der Waals surface area contributed by atoms with Crippen molar-refractivity contribution in [2.45, 2.75) is 38.9 Å². The SMILES string of the molecule is COCCCNC(=O)C1(C)Cn2nc(-c3ccccc3)cc2C(=O)N1Cc1cccc(C)c1. The van der Waals surface area contributed by atoms with Crippen molar-refractivity contribution in [2.75, 3.05) is 20.3 Å². The summed E-state index contributed by atoms with van der Waals surface area (Å²) in [5, 5.41) is 7.67. The van der Waals surface area contributed by atoms with Gasteiger partial charge in [0.25, 0.3) is 5.91 Å². The fraction of sp³-hybridized carbons (Fsp3) is 0.346. The fourth-order valence-electron chi connectivity index (χ4n) is 4.24. The molecule has 7 nitrogen and oxygen atoms in total. The zero-order valence-electron chi connectivity index (χ0n) is 19.4. The molecule has 0 radical (unpaired) electrons. The van der Waals surface area contributed by atoms with Crippen molar-refractivity contribution in [3.63, 3.8) is 0 Å². The molecular weight excluding hydrogens is 416 g/mol. The number of fused-ring (bicyclic) bond motifs is 1. The van der Waals surface area contributed by atoms with Crippen molar-refractivity contribution in [3.05, 3.63) is 77.5 Å². The normalized spacial score (nSPS) is 17.7. The summed E-state index contributed by atoms with van der Waals surface area (Å²) >= 11 is 0. The summed E-state index contributed by atoms with van der Waals surface area (Å²) < 4.78 is 6.76. The Morgan fingerprint density at radius 3 is 2.67 bits per heavy atom. The molecule has 7 heteroatoms. The Bertz CT molecular complexity index is 1140. The first kappa shape index (κ1) is 22.7. The summed E-state index contributed by atoms with van der Waals surface area (Å²) in [6.45, 7) is 5.50. The first-order valence-electron chi connectivity index (χ1n) is 11.2. The van der Waals surface area contributed by atoms with Gasteiger partial charge < -0.3 is 15.0 Å². The van der Waals surface area contributed by atoms with E-state index in [1.807, 2.05) is 74.5 Å². The molecule has 0 spiro atoms. The second-order valence-electron chi connectivity index (χ2n) is 8.69.